The Morgan fingerprint density at radius 2 is 1.40 bits per heavy atom. The minimum absolute atomic E-state index is 0.167. The van der Waals surface area contributed by atoms with Gasteiger partial charge >= 0.3 is 11.9 Å². The third-order valence-electron chi connectivity index (χ3n) is 0.275. The summed E-state index contributed by atoms with van der Waals surface area (Å²) >= 11 is 0. The van der Waals surface area contributed by atoms with Gasteiger partial charge in [0.2, 0.25) is 6.29 Å². The highest BCUT2D eigenvalue weighted by Gasteiger charge is 1.80. The summed E-state index contributed by atoms with van der Waals surface area (Å²) in [5.74, 6) is -2.41. The molecular weight excluding hydrogens is 140 g/mol. The summed E-state index contributed by atoms with van der Waals surface area (Å²) < 4.78 is 0. The van der Waals surface area contributed by atoms with E-state index in [1.165, 1.54) is 0 Å². The maximum Gasteiger partial charge on any atom is 0.368 e. The van der Waals surface area contributed by atoms with Crippen molar-refractivity contribution in [3.8, 4) is 0 Å². The van der Waals surface area contributed by atoms with Gasteiger partial charge in [0.1, 0.15) is 0 Å². The highest BCUT2D eigenvalue weighted by Crippen LogP contribution is 1.54. The number of carbonyl (C=O) groups excluding carboxylic acids is 1. The lowest BCUT2D eigenvalue weighted by atomic mass is 10.7. The van der Waals surface area contributed by atoms with E-state index in [0.29, 0.717) is 0 Å². The van der Waals surface area contributed by atoms with Crippen LogP contribution in [0.3, 0.4) is 0 Å². The van der Waals surface area contributed by atoms with Crippen LogP contribution in [-0.2, 0) is 14.4 Å². The predicted molar refractivity (Wildman–Crippen MR) is 31.5 cm³/mol. The summed E-state index contributed by atoms with van der Waals surface area (Å²) in [5.41, 5.74) is 0. The van der Waals surface area contributed by atoms with Crippen LogP contribution in [0.2, 0.25) is 0 Å². The summed E-state index contributed by atoms with van der Waals surface area (Å²) in [5, 5.41) is 15.0. The Kier molecular flexibility index (Phi) is 8.22. The zero-order valence-corrected chi connectivity index (χ0v) is 4.98. The second-order valence-electron chi connectivity index (χ2n) is 0.998. The van der Waals surface area contributed by atoms with Crippen molar-refractivity contribution < 1.29 is 24.6 Å². The van der Waals surface area contributed by atoms with Gasteiger partial charge in [0.25, 0.3) is 0 Å². The number of carbonyl (C=O) groups is 3. The van der Waals surface area contributed by atoms with Crippen LogP contribution in [0.15, 0.2) is 12.7 Å². The molecule has 0 spiro atoms. The number of aliphatic carboxylic acids is 2. The quantitative estimate of drug-likeness (QED) is 0.312. The van der Waals surface area contributed by atoms with Gasteiger partial charge in [-0.2, -0.15) is 0 Å². The van der Waals surface area contributed by atoms with E-state index in [4.69, 9.17) is 19.8 Å². The molecule has 0 aromatic rings. The van der Waals surface area contributed by atoms with Gasteiger partial charge in [-0.1, -0.05) is 6.58 Å². The first-order valence-corrected chi connectivity index (χ1v) is 2.08. The maximum atomic E-state index is 9.25. The van der Waals surface area contributed by atoms with Crippen molar-refractivity contribution in [1.29, 1.82) is 0 Å². The molecule has 0 fully saturated rings. The molecule has 0 atom stereocenters. The van der Waals surface area contributed by atoms with Gasteiger partial charge in [-0.3, -0.25) is 4.79 Å². The van der Waals surface area contributed by atoms with Crippen LogP contribution in [0.5, 0.6) is 0 Å². The van der Waals surface area contributed by atoms with E-state index in [2.05, 4.69) is 6.58 Å². The molecule has 0 aromatic heterocycles. The van der Waals surface area contributed by atoms with Crippen molar-refractivity contribution >= 4 is 18.2 Å². The Bertz CT molecular complexity index is 130. The largest absolute Gasteiger partial charge is 0.478 e. The Morgan fingerprint density at radius 3 is 1.40 bits per heavy atom. The molecule has 0 saturated heterocycles. The number of carboxylic acids is 2. The molecule has 0 aliphatic heterocycles. The Morgan fingerprint density at radius 1 is 1.20 bits per heavy atom. The zero-order chi connectivity index (χ0) is 8.57. The summed E-state index contributed by atoms with van der Waals surface area (Å²) in [6.45, 7) is 2.96. The lowest BCUT2D eigenvalue weighted by Crippen LogP contribution is -1.91. The minimum Gasteiger partial charge on any atom is -0.478 e. The SMILES string of the molecule is C=CC(=O)O.O=CC(=O)O. The van der Waals surface area contributed by atoms with Crippen molar-refractivity contribution in [2.24, 2.45) is 0 Å². The standard InChI is InChI=1S/C3H4O2.C2H2O3/c1-2-3(4)5;3-1-2(4)5/h2H,1H2,(H,4,5);1H,(H,4,5). The summed E-state index contributed by atoms with van der Waals surface area (Å²) in [7, 11) is 0. The van der Waals surface area contributed by atoms with E-state index in [-0.39, 0.29) is 6.29 Å². The molecule has 5 nitrogen and oxygen atoms in total. The first-order chi connectivity index (χ1) is 4.54. The molecule has 0 amide bonds. The fourth-order valence-corrected chi connectivity index (χ4v) is 0. The average molecular weight is 146 g/mol. The second-order valence-corrected chi connectivity index (χ2v) is 0.998. The van der Waals surface area contributed by atoms with Gasteiger partial charge in [-0.25, -0.2) is 9.59 Å². The van der Waals surface area contributed by atoms with Crippen molar-refractivity contribution in [3.63, 3.8) is 0 Å². The summed E-state index contributed by atoms with van der Waals surface area (Å²) in [4.78, 5) is 27.2. The van der Waals surface area contributed by atoms with Crippen molar-refractivity contribution in [2.75, 3.05) is 0 Å². The molecule has 0 heterocycles. The number of rotatable bonds is 2. The Balaban J connectivity index is 0. The van der Waals surface area contributed by atoms with Crippen LogP contribution >= 0.6 is 0 Å². The third kappa shape index (κ3) is 32.9. The molecular formula is C5H6O5. The molecule has 2 N–H and O–H groups in total. The number of aldehydes is 1. The van der Waals surface area contributed by atoms with Crippen LogP contribution in [-0.4, -0.2) is 28.4 Å². The van der Waals surface area contributed by atoms with Crippen molar-refractivity contribution in [1.82, 2.24) is 0 Å². The van der Waals surface area contributed by atoms with Crippen LogP contribution in [0, 0.1) is 0 Å². The topological polar surface area (TPSA) is 91.7 Å². The van der Waals surface area contributed by atoms with E-state index in [1.54, 1.807) is 0 Å². The lowest BCUT2D eigenvalue weighted by molar-refractivity contribution is -0.143. The molecule has 10 heavy (non-hydrogen) atoms. The van der Waals surface area contributed by atoms with Gasteiger partial charge in [0.15, 0.2) is 0 Å². The first kappa shape index (κ1) is 11.2. The molecule has 0 unspecified atom stereocenters. The van der Waals surface area contributed by atoms with E-state index in [0.717, 1.165) is 6.08 Å². The predicted octanol–water partition coefficient (Wildman–Crippen LogP) is -0.473. The van der Waals surface area contributed by atoms with Crippen molar-refractivity contribution in [3.05, 3.63) is 12.7 Å². The Hall–Kier alpha value is -1.65. The Labute approximate surface area is 56.6 Å². The highest BCUT2D eigenvalue weighted by atomic mass is 16.4. The zero-order valence-electron chi connectivity index (χ0n) is 4.98. The van der Waals surface area contributed by atoms with Crippen LogP contribution in [0.4, 0.5) is 0 Å². The fraction of sp³-hybridized carbons (Fsp3) is 0. The van der Waals surface area contributed by atoms with Gasteiger partial charge < -0.3 is 10.2 Å². The third-order valence-corrected chi connectivity index (χ3v) is 0.275. The van der Waals surface area contributed by atoms with Crippen molar-refractivity contribution in [2.45, 2.75) is 0 Å². The fourth-order valence-electron chi connectivity index (χ4n) is 0. The molecule has 5 heteroatoms. The van der Waals surface area contributed by atoms with Gasteiger partial charge in [0, 0.05) is 6.08 Å². The smallest absolute Gasteiger partial charge is 0.368 e. The average Bonchev–Trinajstić information content (AvgIpc) is 1.89. The maximum absolute atomic E-state index is 9.25. The lowest BCUT2D eigenvalue weighted by Gasteiger charge is -1.64. The van der Waals surface area contributed by atoms with E-state index in [1.807, 2.05) is 0 Å². The van der Waals surface area contributed by atoms with E-state index < -0.39 is 11.9 Å². The van der Waals surface area contributed by atoms with Crippen LogP contribution in [0.25, 0.3) is 0 Å². The van der Waals surface area contributed by atoms with E-state index in [9.17, 15) is 4.79 Å². The molecule has 0 aliphatic carbocycles. The minimum atomic E-state index is -1.43. The molecule has 0 saturated carbocycles. The van der Waals surface area contributed by atoms with Gasteiger partial charge in [-0.05, 0) is 0 Å². The molecule has 0 radical (unpaired) electrons. The molecule has 0 rings (SSSR count). The molecule has 56 valence electrons. The summed E-state index contributed by atoms with van der Waals surface area (Å²) in [6.07, 6.45) is 0.667. The van der Waals surface area contributed by atoms with Gasteiger partial charge in [-0.15, -0.1) is 0 Å². The number of hydrogen-bond acceptors (Lipinski definition) is 3. The van der Waals surface area contributed by atoms with Crippen LogP contribution in [0.1, 0.15) is 0 Å². The number of hydrogen-bond donors (Lipinski definition) is 2. The van der Waals surface area contributed by atoms with Crippen LogP contribution < -0.4 is 0 Å². The highest BCUT2D eigenvalue weighted by molar-refractivity contribution is 6.19. The number of carboxylic acid groups (broad SMARTS) is 2. The molecule has 0 bridgehead atoms. The molecule has 0 aliphatic rings. The second kappa shape index (κ2) is 7.35. The van der Waals surface area contributed by atoms with E-state index >= 15 is 0 Å². The summed E-state index contributed by atoms with van der Waals surface area (Å²) in [6, 6.07) is 0. The van der Waals surface area contributed by atoms with Gasteiger partial charge in [0.05, 0.1) is 0 Å². The monoisotopic (exact) mass is 146 g/mol. The normalized spacial score (nSPS) is 6.40. The first-order valence-electron chi connectivity index (χ1n) is 2.08. The molecule has 0 aromatic carbocycles.